The Morgan fingerprint density at radius 3 is 1.88 bits per heavy atom. The summed E-state index contributed by atoms with van der Waals surface area (Å²) in [5.74, 6) is 0. The smallest absolute Gasteiger partial charge is 0.303 e. The number of alkyl halides is 1. The highest BCUT2D eigenvalue weighted by molar-refractivity contribution is 7.54. The highest BCUT2D eigenvalue weighted by Crippen LogP contribution is 2.56. The zero-order valence-corrected chi connectivity index (χ0v) is 13.0. The molecular formula is C11H24ClO3P. The topological polar surface area (TPSA) is 35.5 Å². The molecule has 0 saturated heterocycles. The van der Waals surface area contributed by atoms with Gasteiger partial charge in [0.15, 0.2) is 0 Å². The Hall–Kier alpha value is 0.440. The maximum atomic E-state index is 12.5. The quantitative estimate of drug-likeness (QED) is 0.551. The second-order valence-electron chi connectivity index (χ2n) is 6.18. The van der Waals surface area contributed by atoms with Gasteiger partial charge in [0.2, 0.25) is 0 Å². The molecule has 0 rings (SSSR count). The van der Waals surface area contributed by atoms with Crippen LogP contribution in [0.15, 0.2) is 0 Å². The van der Waals surface area contributed by atoms with Crippen LogP contribution in [-0.4, -0.2) is 17.3 Å². The van der Waals surface area contributed by atoms with Crippen LogP contribution in [0.25, 0.3) is 0 Å². The lowest BCUT2D eigenvalue weighted by Crippen LogP contribution is -2.23. The summed E-state index contributed by atoms with van der Waals surface area (Å²) in [6.45, 7) is 13.2. The van der Waals surface area contributed by atoms with Gasteiger partial charge in [-0.15, -0.1) is 0 Å². The lowest BCUT2D eigenvalue weighted by Gasteiger charge is -2.31. The van der Waals surface area contributed by atoms with Crippen molar-refractivity contribution < 1.29 is 13.6 Å². The third kappa shape index (κ3) is 8.58. The van der Waals surface area contributed by atoms with Crippen LogP contribution in [0.1, 0.15) is 48.5 Å². The molecule has 0 aromatic carbocycles. The molecule has 98 valence electrons. The molecule has 16 heavy (non-hydrogen) atoms. The van der Waals surface area contributed by atoms with Crippen LogP contribution in [0.5, 0.6) is 0 Å². The van der Waals surface area contributed by atoms with Crippen molar-refractivity contribution >= 4 is 19.2 Å². The highest BCUT2D eigenvalue weighted by Gasteiger charge is 2.36. The molecule has 0 N–H and O–H groups in total. The van der Waals surface area contributed by atoms with E-state index in [2.05, 4.69) is 0 Å². The van der Waals surface area contributed by atoms with Crippen molar-refractivity contribution in [3.63, 3.8) is 0 Å². The Labute approximate surface area is 104 Å². The minimum atomic E-state index is -3.15. The molecule has 0 fully saturated rings. The summed E-state index contributed by atoms with van der Waals surface area (Å²) in [5, 5.41) is 0. The first-order valence-electron chi connectivity index (χ1n) is 5.45. The van der Waals surface area contributed by atoms with Gasteiger partial charge in [-0.2, -0.15) is 0 Å². The van der Waals surface area contributed by atoms with E-state index in [9.17, 15) is 4.57 Å². The van der Waals surface area contributed by atoms with Crippen LogP contribution in [0.4, 0.5) is 0 Å². The summed E-state index contributed by atoms with van der Waals surface area (Å²) >= 11 is 5.75. The standard InChI is InChI=1S/C11H24ClO3P/c1-9(12)14-16(13,8-10(2,3)4)15-11(5,6)7/h9H,8H2,1-7H3. The number of rotatable bonds is 4. The van der Waals surface area contributed by atoms with Crippen LogP contribution in [-0.2, 0) is 13.6 Å². The Morgan fingerprint density at radius 1 is 1.19 bits per heavy atom. The predicted octanol–water partition coefficient (Wildman–Crippen LogP) is 4.64. The van der Waals surface area contributed by atoms with Crippen molar-refractivity contribution in [2.45, 2.75) is 59.6 Å². The molecule has 0 spiro atoms. The summed E-state index contributed by atoms with van der Waals surface area (Å²) in [7, 11) is -3.15. The Kier molecular flexibility index (Phi) is 5.54. The van der Waals surface area contributed by atoms with E-state index in [1.165, 1.54) is 0 Å². The minimum Gasteiger partial charge on any atom is -0.303 e. The van der Waals surface area contributed by atoms with Crippen LogP contribution in [0.3, 0.4) is 0 Å². The molecule has 0 aromatic heterocycles. The number of hydrogen-bond acceptors (Lipinski definition) is 3. The van der Waals surface area contributed by atoms with Gasteiger partial charge in [-0.05, 0) is 33.1 Å². The van der Waals surface area contributed by atoms with Gasteiger partial charge < -0.3 is 4.52 Å². The van der Waals surface area contributed by atoms with Crippen molar-refractivity contribution in [2.24, 2.45) is 5.41 Å². The largest absolute Gasteiger partial charge is 0.333 e. The summed E-state index contributed by atoms with van der Waals surface area (Å²) in [5.41, 5.74) is -1.26. The average molecular weight is 271 g/mol. The molecule has 0 radical (unpaired) electrons. The maximum Gasteiger partial charge on any atom is 0.333 e. The van der Waals surface area contributed by atoms with Crippen LogP contribution in [0, 0.1) is 5.41 Å². The average Bonchev–Trinajstić information content (AvgIpc) is 1.69. The van der Waals surface area contributed by atoms with Gasteiger partial charge in [0.1, 0.15) is 5.56 Å². The Balaban J connectivity index is 4.83. The molecule has 0 bridgehead atoms. The zero-order valence-electron chi connectivity index (χ0n) is 11.3. The number of halogens is 1. The van der Waals surface area contributed by atoms with Crippen LogP contribution in [0.2, 0.25) is 0 Å². The van der Waals surface area contributed by atoms with E-state index >= 15 is 0 Å². The van der Waals surface area contributed by atoms with E-state index < -0.39 is 18.8 Å². The van der Waals surface area contributed by atoms with Gasteiger partial charge in [0.05, 0.1) is 11.8 Å². The van der Waals surface area contributed by atoms with Gasteiger partial charge in [0, 0.05) is 0 Å². The molecule has 0 saturated carbocycles. The van der Waals surface area contributed by atoms with Gasteiger partial charge in [-0.3, -0.25) is 9.09 Å². The van der Waals surface area contributed by atoms with Crippen LogP contribution < -0.4 is 0 Å². The molecule has 5 heteroatoms. The molecule has 2 unspecified atom stereocenters. The van der Waals surface area contributed by atoms with Gasteiger partial charge >= 0.3 is 7.60 Å². The first-order chi connectivity index (χ1) is 6.83. The fourth-order valence-electron chi connectivity index (χ4n) is 1.31. The van der Waals surface area contributed by atoms with E-state index in [0.717, 1.165) is 0 Å². The summed E-state index contributed by atoms with van der Waals surface area (Å²) in [4.78, 5) is 0. The molecular weight excluding hydrogens is 247 g/mol. The second-order valence-corrected chi connectivity index (χ2v) is 8.73. The predicted molar refractivity (Wildman–Crippen MR) is 69.2 cm³/mol. The van der Waals surface area contributed by atoms with Crippen LogP contribution >= 0.6 is 19.2 Å². The lowest BCUT2D eigenvalue weighted by atomic mass is 10.0. The SMILES string of the molecule is CC(Cl)OP(=O)(CC(C)(C)C)OC(C)(C)C. The molecule has 0 aliphatic heterocycles. The molecule has 0 aliphatic carbocycles. The van der Waals surface area contributed by atoms with Crippen molar-refractivity contribution in [1.82, 2.24) is 0 Å². The first kappa shape index (κ1) is 16.4. The summed E-state index contributed by atoms with van der Waals surface area (Å²) in [6, 6.07) is 0. The van der Waals surface area contributed by atoms with E-state index in [1.807, 2.05) is 41.5 Å². The van der Waals surface area contributed by atoms with E-state index in [-0.39, 0.29) is 5.41 Å². The fourth-order valence-corrected chi connectivity index (χ4v) is 4.30. The van der Waals surface area contributed by atoms with Crippen molar-refractivity contribution in [1.29, 1.82) is 0 Å². The van der Waals surface area contributed by atoms with Crippen molar-refractivity contribution in [3.05, 3.63) is 0 Å². The summed E-state index contributed by atoms with van der Waals surface area (Å²) in [6.07, 6.45) is 0.355. The van der Waals surface area contributed by atoms with E-state index in [1.54, 1.807) is 6.92 Å². The van der Waals surface area contributed by atoms with Gasteiger partial charge in [-0.1, -0.05) is 32.4 Å². The van der Waals surface area contributed by atoms with Crippen molar-refractivity contribution in [2.75, 3.05) is 6.16 Å². The molecule has 2 atom stereocenters. The fraction of sp³-hybridized carbons (Fsp3) is 1.00. The maximum absolute atomic E-state index is 12.5. The number of hydrogen-bond donors (Lipinski definition) is 0. The Bertz CT molecular complexity index is 243. The summed E-state index contributed by atoms with van der Waals surface area (Å²) < 4.78 is 23.4. The van der Waals surface area contributed by atoms with E-state index in [4.69, 9.17) is 20.6 Å². The highest BCUT2D eigenvalue weighted by atomic mass is 35.5. The molecule has 0 heterocycles. The van der Waals surface area contributed by atoms with Gasteiger partial charge in [-0.25, -0.2) is 0 Å². The van der Waals surface area contributed by atoms with Gasteiger partial charge in [0.25, 0.3) is 0 Å². The molecule has 3 nitrogen and oxygen atoms in total. The monoisotopic (exact) mass is 270 g/mol. The third-order valence-electron chi connectivity index (χ3n) is 1.39. The van der Waals surface area contributed by atoms with E-state index in [0.29, 0.717) is 6.16 Å². The Morgan fingerprint density at radius 2 is 1.62 bits per heavy atom. The second kappa shape index (κ2) is 5.39. The lowest BCUT2D eigenvalue weighted by molar-refractivity contribution is 0.0881. The van der Waals surface area contributed by atoms with Crippen molar-refractivity contribution in [3.8, 4) is 0 Å². The first-order valence-corrected chi connectivity index (χ1v) is 7.62. The molecule has 0 aromatic rings. The molecule has 0 amide bonds. The normalized spacial score (nSPS) is 19.2. The zero-order chi connectivity index (χ0) is 13.2. The molecule has 0 aliphatic rings. The minimum absolute atomic E-state index is 0.132. The third-order valence-corrected chi connectivity index (χ3v) is 4.40.